The van der Waals surface area contributed by atoms with E-state index < -0.39 is 0 Å². The van der Waals surface area contributed by atoms with Crippen LogP contribution in [0, 0.1) is 5.92 Å². The quantitative estimate of drug-likeness (QED) is 0.498. The normalized spacial score (nSPS) is 37.6. The molecule has 2 nitrogen and oxygen atoms in total. The van der Waals surface area contributed by atoms with Crippen molar-refractivity contribution in [3.8, 4) is 0 Å². The summed E-state index contributed by atoms with van der Waals surface area (Å²) < 4.78 is 5.25. The third kappa shape index (κ3) is 1.39. The Morgan fingerprint density at radius 2 is 1.91 bits per heavy atom. The smallest absolute Gasteiger partial charge is 0.309 e. The average Bonchev–Trinajstić information content (AvgIpc) is 1.92. The van der Waals surface area contributed by atoms with Gasteiger partial charge in [-0.2, -0.15) is 0 Å². The van der Waals surface area contributed by atoms with E-state index in [0.717, 1.165) is 25.7 Å². The zero-order valence-electron chi connectivity index (χ0n) is 6.71. The molecular weight excluding hydrogens is 140 g/mol. The number of rotatable bonds is 0. The number of esters is 1. The van der Waals surface area contributed by atoms with Gasteiger partial charge in [0.25, 0.3) is 0 Å². The molecule has 0 amide bonds. The summed E-state index contributed by atoms with van der Waals surface area (Å²) in [7, 11) is 0. The Hall–Kier alpha value is -0.530. The van der Waals surface area contributed by atoms with E-state index in [1.807, 2.05) is 0 Å². The largest absolute Gasteiger partial charge is 0.462 e. The molecule has 2 saturated heterocycles. The van der Waals surface area contributed by atoms with Crippen molar-refractivity contribution in [3.05, 3.63) is 0 Å². The maximum absolute atomic E-state index is 11.2. The van der Waals surface area contributed by atoms with Gasteiger partial charge in [0.1, 0.15) is 6.10 Å². The van der Waals surface area contributed by atoms with Crippen LogP contribution >= 0.6 is 0 Å². The minimum atomic E-state index is 0.0703. The van der Waals surface area contributed by atoms with E-state index in [0.29, 0.717) is 0 Å². The molecule has 0 radical (unpaired) electrons. The van der Waals surface area contributed by atoms with E-state index in [9.17, 15) is 4.79 Å². The Kier molecular flexibility index (Phi) is 1.84. The van der Waals surface area contributed by atoms with Crippen LogP contribution in [0.15, 0.2) is 0 Å². The summed E-state index contributed by atoms with van der Waals surface area (Å²) >= 11 is 0. The van der Waals surface area contributed by atoms with Crippen molar-refractivity contribution in [2.75, 3.05) is 0 Å². The van der Waals surface area contributed by atoms with E-state index in [1.165, 1.54) is 12.8 Å². The van der Waals surface area contributed by atoms with E-state index in [4.69, 9.17) is 4.74 Å². The first-order valence-electron chi connectivity index (χ1n) is 4.57. The molecule has 2 atom stereocenters. The Bertz CT molecular complexity index is 161. The lowest BCUT2D eigenvalue weighted by atomic mass is 9.87. The topological polar surface area (TPSA) is 26.3 Å². The van der Waals surface area contributed by atoms with Gasteiger partial charge in [-0.25, -0.2) is 0 Å². The van der Waals surface area contributed by atoms with Crippen LogP contribution in [0.1, 0.15) is 38.5 Å². The molecule has 0 aromatic carbocycles. The molecular formula is C9H14O2. The summed E-state index contributed by atoms with van der Waals surface area (Å²) in [5.74, 6) is 0.313. The second-order valence-electron chi connectivity index (χ2n) is 3.62. The monoisotopic (exact) mass is 154 g/mol. The molecule has 0 N–H and O–H groups in total. The Morgan fingerprint density at radius 1 is 1.09 bits per heavy atom. The van der Waals surface area contributed by atoms with E-state index in [-0.39, 0.29) is 18.0 Å². The second-order valence-corrected chi connectivity index (χ2v) is 3.62. The Morgan fingerprint density at radius 3 is 2.73 bits per heavy atom. The van der Waals surface area contributed by atoms with Gasteiger partial charge in [-0.15, -0.1) is 0 Å². The van der Waals surface area contributed by atoms with Gasteiger partial charge in [0.2, 0.25) is 0 Å². The Balaban J connectivity index is 2.07. The minimum absolute atomic E-state index is 0.0703. The average molecular weight is 154 g/mol. The third-order valence-electron chi connectivity index (χ3n) is 2.78. The molecule has 0 aromatic heterocycles. The van der Waals surface area contributed by atoms with Crippen molar-refractivity contribution < 1.29 is 9.53 Å². The summed E-state index contributed by atoms with van der Waals surface area (Å²) in [5.41, 5.74) is 0. The number of fused-ring (bicyclic) bond motifs is 5. The lowest BCUT2D eigenvalue weighted by molar-refractivity contribution is -0.162. The molecule has 11 heavy (non-hydrogen) atoms. The molecule has 0 unspecified atom stereocenters. The number of carbonyl (C=O) groups excluding carboxylic acids is 1. The molecule has 2 heteroatoms. The van der Waals surface area contributed by atoms with Crippen molar-refractivity contribution in [1.29, 1.82) is 0 Å². The summed E-state index contributed by atoms with van der Waals surface area (Å²) in [6, 6.07) is 0. The lowest BCUT2D eigenvalue weighted by Crippen LogP contribution is -2.32. The molecule has 3 rings (SSSR count). The van der Waals surface area contributed by atoms with Crippen LogP contribution < -0.4 is 0 Å². The van der Waals surface area contributed by atoms with Gasteiger partial charge in [-0.1, -0.05) is 6.42 Å². The summed E-state index contributed by atoms with van der Waals surface area (Å²) in [4.78, 5) is 11.2. The van der Waals surface area contributed by atoms with E-state index >= 15 is 0 Å². The van der Waals surface area contributed by atoms with Gasteiger partial charge >= 0.3 is 5.97 Å². The van der Waals surface area contributed by atoms with Crippen LogP contribution in [-0.4, -0.2) is 12.1 Å². The van der Waals surface area contributed by atoms with E-state index in [1.54, 1.807) is 0 Å². The van der Waals surface area contributed by atoms with Crippen LogP contribution in [0.5, 0.6) is 0 Å². The highest BCUT2D eigenvalue weighted by atomic mass is 16.5. The Labute approximate surface area is 66.9 Å². The highest BCUT2D eigenvalue weighted by molar-refractivity contribution is 5.73. The number of hydrogen-bond acceptors (Lipinski definition) is 2. The SMILES string of the molecule is O=C1O[C@H]2CCCC[C@H]1CC2. The van der Waals surface area contributed by atoms with Crippen molar-refractivity contribution >= 4 is 5.97 Å². The number of ether oxygens (including phenoxy) is 1. The van der Waals surface area contributed by atoms with Crippen molar-refractivity contribution in [2.45, 2.75) is 44.6 Å². The summed E-state index contributed by atoms with van der Waals surface area (Å²) in [5, 5.41) is 0. The fourth-order valence-electron chi connectivity index (χ4n) is 2.05. The highest BCUT2D eigenvalue weighted by Crippen LogP contribution is 2.30. The first-order valence-corrected chi connectivity index (χ1v) is 4.57. The van der Waals surface area contributed by atoms with Crippen LogP contribution in [-0.2, 0) is 9.53 Å². The van der Waals surface area contributed by atoms with Gasteiger partial charge in [0.05, 0.1) is 5.92 Å². The molecule has 2 bridgehead atoms. The zero-order valence-corrected chi connectivity index (χ0v) is 6.71. The zero-order chi connectivity index (χ0) is 7.68. The molecule has 2 heterocycles. The van der Waals surface area contributed by atoms with Crippen LogP contribution in [0.2, 0.25) is 0 Å². The molecule has 62 valence electrons. The fraction of sp³-hybridized carbons (Fsp3) is 0.889. The maximum atomic E-state index is 11.2. The number of hydrogen-bond donors (Lipinski definition) is 0. The van der Waals surface area contributed by atoms with Gasteiger partial charge in [0.15, 0.2) is 0 Å². The van der Waals surface area contributed by atoms with Gasteiger partial charge in [-0.3, -0.25) is 4.79 Å². The fourth-order valence-corrected chi connectivity index (χ4v) is 2.05. The minimum Gasteiger partial charge on any atom is -0.462 e. The predicted molar refractivity (Wildman–Crippen MR) is 41.1 cm³/mol. The molecule has 0 spiro atoms. The molecule has 3 aliphatic rings. The second kappa shape index (κ2) is 2.84. The highest BCUT2D eigenvalue weighted by Gasteiger charge is 2.31. The first-order chi connectivity index (χ1) is 5.36. The standard InChI is InChI=1S/C9H14O2/c10-9-7-3-1-2-4-8(11-9)6-5-7/h7-8H,1-6H2/t7-,8-/m0/s1. The first kappa shape index (κ1) is 7.14. The van der Waals surface area contributed by atoms with Gasteiger partial charge in [0, 0.05) is 0 Å². The van der Waals surface area contributed by atoms with Crippen LogP contribution in [0.3, 0.4) is 0 Å². The van der Waals surface area contributed by atoms with Gasteiger partial charge < -0.3 is 4.74 Å². The molecule has 1 saturated carbocycles. The lowest BCUT2D eigenvalue weighted by Gasteiger charge is -2.30. The summed E-state index contributed by atoms with van der Waals surface area (Å²) in [6.45, 7) is 0. The van der Waals surface area contributed by atoms with E-state index in [2.05, 4.69) is 0 Å². The molecule has 1 aliphatic carbocycles. The molecule has 3 fully saturated rings. The van der Waals surface area contributed by atoms with Crippen molar-refractivity contribution in [3.63, 3.8) is 0 Å². The summed E-state index contributed by atoms with van der Waals surface area (Å²) in [6.07, 6.45) is 7.06. The molecule has 0 aromatic rings. The maximum Gasteiger partial charge on any atom is 0.309 e. The number of carbonyl (C=O) groups is 1. The molecule has 2 aliphatic heterocycles. The van der Waals surface area contributed by atoms with Crippen molar-refractivity contribution in [1.82, 2.24) is 0 Å². The third-order valence-corrected chi connectivity index (χ3v) is 2.78. The van der Waals surface area contributed by atoms with Crippen molar-refractivity contribution in [2.24, 2.45) is 5.92 Å². The van der Waals surface area contributed by atoms with Crippen LogP contribution in [0.4, 0.5) is 0 Å². The van der Waals surface area contributed by atoms with Gasteiger partial charge in [-0.05, 0) is 32.1 Å². The van der Waals surface area contributed by atoms with Crippen LogP contribution in [0.25, 0.3) is 0 Å². The predicted octanol–water partition coefficient (Wildman–Crippen LogP) is 1.88.